The molecule has 7 nitrogen and oxygen atoms in total. The summed E-state index contributed by atoms with van der Waals surface area (Å²) in [5.41, 5.74) is 8.45. The number of nitrogens with zero attached hydrogens (tertiary/aromatic N) is 1. The van der Waals surface area contributed by atoms with Gasteiger partial charge >= 0.3 is 0 Å². The highest BCUT2D eigenvalue weighted by molar-refractivity contribution is 14.0. The monoisotopic (exact) mass is 512 g/mol. The molecule has 0 aliphatic carbocycles. The van der Waals surface area contributed by atoms with Crippen molar-refractivity contribution in [3.63, 3.8) is 0 Å². The molecule has 0 fully saturated rings. The van der Waals surface area contributed by atoms with Crippen molar-refractivity contribution in [3.8, 4) is 11.5 Å². The van der Waals surface area contributed by atoms with Crippen LogP contribution in [0.4, 0.5) is 0 Å². The first-order valence-corrected chi connectivity index (χ1v) is 9.10. The fourth-order valence-electron chi connectivity index (χ4n) is 2.63. The van der Waals surface area contributed by atoms with E-state index in [1.54, 1.807) is 14.2 Å². The number of carbonyl (C=O) groups excluding carboxylic acids is 1. The molecule has 158 valence electrons. The highest BCUT2D eigenvalue weighted by Gasteiger charge is 2.05. The highest BCUT2D eigenvalue weighted by atomic mass is 127. The summed E-state index contributed by atoms with van der Waals surface area (Å²) in [5.74, 6) is 1.72. The zero-order valence-corrected chi connectivity index (χ0v) is 19.4. The lowest BCUT2D eigenvalue weighted by molar-refractivity contribution is -0.119. The topological polar surface area (TPSA) is 98.0 Å². The number of nitrogens with two attached hydrogens (primary N) is 1. The molecule has 0 unspecified atom stereocenters. The zero-order chi connectivity index (χ0) is 20.4. The minimum atomic E-state index is -0.490. The van der Waals surface area contributed by atoms with E-state index in [1.807, 2.05) is 37.3 Å². The standard InChI is InChI=1S/C21H28N4O3.HI/c1-15-4-7-17(19(12-15)27-3)13-25-21(23-2)24-11-10-16-5-8-18(9-6-16)28-14-20(22)26;/h4-9,12H,10-11,13-14H2,1-3H3,(H2,22,26)(H2,23,24,25);1H. The molecular formula is C21H29IN4O3. The first kappa shape index (κ1) is 24.5. The van der Waals surface area contributed by atoms with Gasteiger partial charge < -0.3 is 25.8 Å². The lowest BCUT2D eigenvalue weighted by Gasteiger charge is -2.14. The summed E-state index contributed by atoms with van der Waals surface area (Å²) in [6, 6.07) is 13.7. The van der Waals surface area contributed by atoms with Crippen molar-refractivity contribution in [2.24, 2.45) is 10.7 Å². The minimum Gasteiger partial charge on any atom is -0.496 e. The smallest absolute Gasteiger partial charge is 0.255 e. The number of hydrogen-bond acceptors (Lipinski definition) is 4. The molecule has 0 aliphatic rings. The normalized spacial score (nSPS) is 10.7. The van der Waals surface area contributed by atoms with Crippen LogP contribution in [0.15, 0.2) is 47.5 Å². The molecule has 0 heterocycles. The van der Waals surface area contributed by atoms with Gasteiger partial charge in [-0.15, -0.1) is 24.0 Å². The average molecular weight is 512 g/mol. The van der Waals surface area contributed by atoms with Gasteiger partial charge in [-0.3, -0.25) is 9.79 Å². The Bertz CT molecular complexity index is 810. The molecular weight excluding hydrogens is 483 g/mol. The molecule has 0 atom stereocenters. The lowest BCUT2D eigenvalue weighted by atomic mass is 10.1. The second-order valence-electron chi connectivity index (χ2n) is 6.32. The van der Waals surface area contributed by atoms with Gasteiger partial charge in [0, 0.05) is 25.7 Å². The van der Waals surface area contributed by atoms with E-state index in [2.05, 4.69) is 27.8 Å². The molecule has 0 aromatic heterocycles. The van der Waals surface area contributed by atoms with Crippen LogP contribution in [0.2, 0.25) is 0 Å². The third kappa shape index (κ3) is 8.59. The number of guanidine groups is 1. The quantitative estimate of drug-likeness (QED) is 0.273. The zero-order valence-electron chi connectivity index (χ0n) is 17.0. The molecule has 0 aliphatic heterocycles. The van der Waals surface area contributed by atoms with Crippen LogP contribution in [0.5, 0.6) is 11.5 Å². The predicted molar refractivity (Wildman–Crippen MR) is 126 cm³/mol. The number of methoxy groups -OCH3 is 1. The van der Waals surface area contributed by atoms with Gasteiger partial charge in [-0.1, -0.05) is 24.3 Å². The largest absolute Gasteiger partial charge is 0.496 e. The van der Waals surface area contributed by atoms with Crippen molar-refractivity contribution in [2.45, 2.75) is 19.9 Å². The Labute approximate surface area is 189 Å². The van der Waals surface area contributed by atoms with E-state index in [1.165, 1.54) is 0 Å². The van der Waals surface area contributed by atoms with Crippen LogP contribution >= 0.6 is 24.0 Å². The van der Waals surface area contributed by atoms with Crippen LogP contribution in [0.1, 0.15) is 16.7 Å². The second kappa shape index (κ2) is 12.9. The summed E-state index contributed by atoms with van der Waals surface area (Å²) in [5, 5.41) is 6.60. The fourth-order valence-corrected chi connectivity index (χ4v) is 2.63. The number of nitrogens with one attached hydrogen (secondary N) is 2. The number of aliphatic imine (C=N–C) groups is 1. The molecule has 1 amide bonds. The van der Waals surface area contributed by atoms with Crippen molar-refractivity contribution in [1.82, 2.24) is 10.6 Å². The third-order valence-electron chi connectivity index (χ3n) is 4.12. The molecule has 2 aromatic rings. The molecule has 4 N–H and O–H groups in total. The number of aryl methyl sites for hydroxylation is 1. The number of ether oxygens (including phenoxy) is 2. The van der Waals surface area contributed by atoms with Gasteiger partial charge in [-0.25, -0.2) is 0 Å². The van der Waals surface area contributed by atoms with Crippen LogP contribution in [-0.2, 0) is 17.8 Å². The summed E-state index contributed by atoms with van der Waals surface area (Å²) in [7, 11) is 3.42. The van der Waals surface area contributed by atoms with Gasteiger partial charge in [-0.05, 0) is 42.7 Å². The summed E-state index contributed by atoms with van der Waals surface area (Å²) in [6.45, 7) is 3.27. The van der Waals surface area contributed by atoms with Gasteiger partial charge in [0.1, 0.15) is 11.5 Å². The van der Waals surface area contributed by atoms with Crippen molar-refractivity contribution in [2.75, 3.05) is 27.3 Å². The Kier molecular flexibility index (Phi) is 10.9. The molecule has 0 saturated heterocycles. The van der Waals surface area contributed by atoms with E-state index < -0.39 is 5.91 Å². The number of primary amides is 1. The number of amides is 1. The van der Waals surface area contributed by atoms with Crippen molar-refractivity contribution >= 4 is 35.8 Å². The molecule has 0 saturated carbocycles. The lowest BCUT2D eigenvalue weighted by Crippen LogP contribution is -2.37. The maximum absolute atomic E-state index is 10.7. The SMILES string of the molecule is CN=C(NCCc1ccc(OCC(N)=O)cc1)NCc1ccc(C)cc1OC.I. The number of hydrogen-bond donors (Lipinski definition) is 3. The van der Waals surface area contributed by atoms with Gasteiger partial charge in [0.05, 0.1) is 7.11 Å². The molecule has 0 radical (unpaired) electrons. The number of carbonyl (C=O) groups is 1. The Balaban J connectivity index is 0.00000420. The van der Waals surface area contributed by atoms with Crippen LogP contribution in [0.25, 0.3) is 0 Å². The van der Waals surface area contributed by atoms with E-state index in [-0.39, 0.29) is 30.6 Å². The Hall–Kier alpha value is -2.49. The summed E-state index contributed by atoms with van der Waals surface area (Å²) < 4.78 is 10.7. The van der Waals surface area contributed by atoms with Crippen LogP contribution < -0.4 is 25.8 Å². The fraction of sp³-hybridized carbons (Fsp3) is 0.333. The number of halogens is 1. The van der Waals surface area contributed by atoms with E-state index in [4.69, 9.17) is 15.2 Å². The average Bonchev–Trinajstić information content (AvgIpc) is 2.70. The molecule has 0 bridgehead atoms. The molecule has 29 heavy (non-hydrogen) atoms. The molecule has 2 rings (SSSR count). The number of rotatable bonds is 9. The molecule has 8 heteroatoms. The Morgan fingerprint density at radius 2 is 1.86 bits per heavy atom. The third-order valence-corrected chi connectivity index (χ3v) is 4.12. The number of benzene rings is 2. The van der Waals surface area contributed by atoms with Gasteiger partial charge in [0.2, 0.25) is 0 Å². The predicted octanol–water partition coefficient (Wildman–Crippen LogP) is 2.39. The van der Waals surface area contributed by atoms with Gasteiger partial charge in [0.15, 0.2) is 12.6 Å². The Morgan fingerprint density at radius 1 is 1.14 bits per heavy atom. The van der Waals surface area contributed by atoms with Crippen molar-refractivity contribution < 1.29 is 14.3 Å². The van der Waals surface area contributed by atoms with E-state index in [0.29, 0.717) is 12.3 Å². The van der Waals surface area contributed by atoms with E-state index in [9.17, 15) is 4.79 Å². The van der Waals surface area contributed by atoms with E-state index >= 15 is 0 Å². The summed E-state index contributed by atoms with van der Waals surface area (Å²) in [6.07, 6.45) is 0.824. The van der Waals surface area contributed by atoms with Gasteiger partial charge in [-0.2, -0.15) is 0 Å². The van der Waals surface area contributed by atoms with Crippen LogP contribution in [0.3, 0.4) is 0 Å². The maximum Gasteiger partial charge on any atom is 0.255 e. The van der Waals surface area contributed by atoms with Crippen molar-refractivity contribution in [3.05, 3.63) is 59.2 Å². The summed E-state index contributed by atoms with van der Waals surface area (Å²) >= 11 is 0. The van der Waals surface area contributed by atoms with Crippen molar-refractivity contribution in [1.29, 1.82) is 0 Å². The molecule has 0 spiro atoms. The minimum absolute atomic E-state index is 0. The maximum atomic E-state index is 10.7. The highest BCUT2D eigenvalue weighted by Crippen LogP contribution is 2.19. The summed E-state index contributed by atoms with van der Waals surface area (Å²) in [4.78, 5) is 15.0. The van der Waals surface area contributed by atoms with Crippen LogP contribution in [0, 0.1) is 6.92 Å². The first-order chi connectivity index (χ1) is 13.5. The molecule has 2 aromatic carbocycles. The van der Waals surface area contributed by atoms with Gasteiger partial charge in [0.25, 0.3) is 5.91 Å². The van der Waals surface area contributed by atoms with E-state index in [0.717, 1.165) is 41.4 Å². The first-order valence-electron chi connectivity index (χ1n) is 9.10. The Morgan fingerprint density at radius 3 is 2.48 bits per heavy atom. The van der Waals surface area contributed by atoms with Crippen LogP contribution in [-0.4, -0.2) is 39.2 Å². The second-order valence-corrected chi connectivity index (χ2v) is 6.32.